The molecule has 1 saturated heterocycles. The zero-order valence-electron chi connectivity index (χ0n) is 20.0. The van der Waals surface area contributed by atoms with E-state index in [1.165, 1.54) is 6.92 Å². The molecule has 7 nitrogen and oxygen atoms in total. The van der Waals surface area contributed by atoms with E-state index in [4.69, 9.17) is 9.47 Å². The number of nitrogens with one attached hydrogen (secondary N) is 1. The highest BCUT2D eigenvalue weighted by molar-refractivity contribution is 6.05. The summed E-state index contributed by atoms with van der Waals surface area (Å²) >= 11 is 0. The van der Waals surface area contributed by atoms with Crippen LogP contribution < -0.4 is 19.7 Å². The third-order valence-corrected chi connectivity index (χ3v) is 6.31. The standard InChI is InChI=1S/C28H28N2O5/c1-18(31)23-6-4-5-7-25(23)29-28(33)24-16-17-26(32)30(20-10-14-22(35-3)15-11-20)27(24)19-8-12-21(34-2)13-9-19/h4-15,24,27H,16-17H2,1-3H3,(H,29,33). The van der Waals surface area contributed by atoms with Gasteiger partial charge in [0.25, 0.3) is 0 Å². The Kier molecular flexibility index (Phi) is 7.15. The van der Waals surface area contributed by atoms with Crippen molar-refractivity contribution in [3.05, 3.63) is 83.9 Å². The fourth-order valence-corrected chi connectivity index (χ4v) is 4.52. The summed E-state index contributed by atoms with van der Waals surface area (Å²) < 4.78 is 10.6. The van der Waals surface area contributed by atoms with E-state index in [9.17, 15) is 14.4 Å². The highest BCUT2D eigenvalue weighted by Gasteiger charge is 2.41. The summed E-state index contributed by atoms with van der Waals surface area (Å²) in [7, 11) is 3.17. The number of piperidine rings is 1. The summed E-state index contributed by atoms with van der Waals surface area (Å²) in [5, 5.41) is 2.95. The monoisotopic (exact) mass is 472 g/mol. The second-order valence-electron chi connectivity index (χ2n) is 8.42. The zero-order chi connectivity index (χ0) is 24.9. The Balaban J connectivity index is 1.74. The lowest BCUT2D eigenvalue weighted by molar-refractivity contribution is -0.125. The van der Waals surface area contributed by atoms with Crippen molar-refractivity contribution < 1.29 is 23.9 Å². The number of benzene rings is 3. The minimum atomic E-state index is -0.542. The molecule has 1 N–H and O–H groups in total. The molecule has 0 radical (unpaired) electrons. The summed E-state index contributed by atoms with van der Waals surface area (Å²) in [5.41, 5.74) is 2.40. The molecule has 2 atom stereocenters. The van der Waals surface area contributed by atoms with Crippen LogP contribution in [0.4, 0.5) is 11.4 Å². The van der Waals surface area contributed by atoms with Crippen LogP contribution in [0.25, 0.3) is 0 Å². The minimum absolute atomic E-state index is 0.0656. The Morgan fingerprint density at radius 1 is 0.886 bits per heavy atom. The molecule has 0 spiro atoms. The number of ether oxygens (including phenoxy) is 2. The molecule has 180 valence electrons. The molecule has 1 aliphatic rings. The van der Waals surface area contributed by atoms with Crippen LogP contribution in [0.1, 0.15) is 41.7 Å². The van der Waals surface area contributed by atoms with Crippen LogP contribution in [0.3, 0.4) is 0 Å². The SMILES string of the molecule is COc1ccc(C2C(C(=O)Nc3ccccc3C(C)=O)CCC(=O)N2c2ccc(OC)cc2)cc1. The number of hydrogen-bond donors (Lipinski definition) is 1. The Bertz CT molecular complexity index is 1220. The van der Waals surface area contributed by atoms with Crippen LogP contribution in [0, 0.1) is 5.92 Å². The van der Waals surface area contributed by atoms with Gasteiger partial charge in [0.05, 0.1) is 31.9 Å². The lowest BCUT2D eigenvalue weighted by Crippen LogP contribution is -2.47. The van der Waals surface area contributed by atoms with Crippen LogP contribution in [0.2, 0.25) is 0 Å². The van der Waals surface area contributed by atoms with Crippen molar-refractivity contribution in [3.8, 4) is 11.5 Å². The van der Waals surface area contributed by atoms with Gasteiger partial charge in [0, 0.05) is 17.7 Å². The van der Waals surface area contributed by atoms with Gasteiger partial charge in [0.15, 0.2) is 5.78 Å². The van der Waals surface area contributed by atoms with Gasteiger partial charge in [-0.05, 0) is 67.4 Å². The molecule has 7 heteroatoms. The third-order valence-electron chi connectivity index (χ3n) is 6.31. The molecule has 4 rings (SSSR count). The second kappa shape index (κ2) is 10.4. The average Bonchev–Trinajstić information content (AvgIpc) is 2.88. The first-order valence-electron chi connectivity index (χ1n) is 11.4. The molecule has 1 aliphatic heterocycles. The number of hydrogen-bond acceptors (Lipinski definition) is 5. The molecule has 2 amide bonds. The van der Waals surface area contributed by atoms with Gasteiger partial charge in [-0.25, -0.2) is 0 Å². The van der Waals surface area contributed by atoms with Crippen LogP contribution >= 0.6 is 0 Å². The average molecular weight is 473 g/mol. The van der Waals surface area contributed by atoms with E-state index in [0.29, 0.717) is 34.9 Å². The summed E-state index contributed by atoms with van der Waals surface area (Å²) in [6.07, 6.45) is 0.612. The van der Waals surface area contributed by atoms with Crippen LogP contribution in [-0.4, -0.2) is 31.8 Å². The zero-order valence-corrected chi connectivity index (χ0v) is 20.0. The molecule has 0 aromatic heterocycles. The predicted octanol–water partition coefficient (Wildman–Crippen LogP) is 5.03. The lowest BCUT2D eigenvalue weighted by Gasteiger charge is -2.41. The maximum atomic E-state index is 13.6. The van der Waals surface area contributed by atoms with E-state index in [-0.39, 0.29) is 24.0 Å². The van der Waals surface area contributed by atoms with Crippen molar-refractivity contribution in [2.45, 2.75) is 25.8 Å². The highest BCUT2D eigenvalue weighted by Crippen LogP contribution is 2.41. The second-order valence-corrected chi connectivity index (χ2v) is 8.42. The largest absolute Gasteiger partial charge is 0.497 e. The minimum Gasteiger partial charge on any atom is -0.497 e. The lowest BCUT2D eigenvalue weighted by atomic mass is 9.83. The quantitative estimate of drug-likeness (QED) is 0.488. The van der Waals surface area contributed by atoms with Gasteiger partial charge >= 0.3 is 0 Å². The number of para-hydroxylation sites is 1. The van der Waals surface area contributed by atoms with Crippen molar-refractivity contribution >= 4 is 29.0 Å². The van der Waals surface area contributed by atoms with Crippen molar-refractivity contribution in [2.24, 2.45) is 5.92 Å². The van der Waals surface area contributed by atoms with E-state index >= 15 is 0 Å². The molecule has 0 saturated carbocycles. The fourth-order valence-electron chi connectivity index (χ4n) is 4.52. The maximum Gasteiger partial charge on any atom is 0.229 e. The smallest absolute Gasteiger partial charge is 0.229 e. The van der Waals surface area contributed by atoms with Crippen LogP contribution in [0.15, 0.2) is 72.8 Å². The molecular weight excluding hydrogens is 444 g/mol. The summed E-state index contributed by atoms with van der Waals surface area (Å²) in [5.74, 6) is 0.377. The van der Waals surface area contributed by atoms with Gasteiger partial charge in [-0.3, -0.25) is 14.4 Å². The molecule has 1 fully saturated rings. The summed E-state index contributed by atoms with van der Waals surface area (Å²) in [6, 6.07) is 21.0. The highest BCUT2D eigenvalue weighted by atomic mass is 16.5. The number of anilines is 2. The molecule has 1 heterocycles. The van der Waals surface area contributed by atoms with Gasteiger partial charge in [-0.15, -0.1) is 0 Å². The third kappa shape index (κ3) is 5.04. The van der Waals surface area contributed by atoms with Crippen LogP contribution in [0.5, 0.6) is 11.5 Å². The van der Waals surface area contributed by atoms with E-state index in [0.717, 1.165) is 5.56 Å². The topological polar surface area (TPSA) is 84.9 Å². The molecule has 35 heavy (non-hydrogen) atoms. The summed E-state index contributed by atoms with van der Waals surface area (Å²) in [4.78, 5) is 40.6. The molecular formula is C28H28N2O5. The number of nitrogens with zero attached hydrogens (tertiary/aromatic N) is 1. The summed E-state index contributed by atoms with van der Waals surface area (Å²) in [6.45, 7) is 1.47. The number of Topliss-reactive ketones (excluding diaryl/α,β-unsaturated/α-hetero) is 1. The Morgan fingerprint density at radius 2 is 1.49 bits per heavy atom. The van der Waals surface area contributed by atoms with E-state index < -0.39 is 12.0 Å². The van der Waals surface area contributed by atoms with Crippen molar-refractivity contribution in [2.75, 3.05) is 24.4 Å². The van der Waals surface area contributed by atoms with Gasteiger partial charge < -0.3 is 19.7 Å². The number of ketones is 1. The first-order chi connectivity index (χ1) is 16.9. The number of amides is 2. The first-order valence-corrected chi connectivity index (χ1v) is 11.4. The van der Waals surface area contributed by atoms with Crippen LogP contribution in [-0.2, 0) is 9.59 Å². The number of carbonyl (C=O) groups excluding carboxylic acids is 3. The fraction of sp³-hybridized carbons (Fsp3) is 0.250. The maximum absolute atomic E-state index is 13.6. The Morgan fingerprint density at radius 3 is 2.09 bits per heavy atom. The normalized spacial score (nSPS) is 17.6. The van der Waals surface area contributed by atoms with Crippen molar-refractivity contribution in [1.82, 2.24) is 0 Å². The molecule has 0 bridgehead atoms. The van der Waals surface area contributed by atoms with E-state index in [1.807, 2.05) is 36.4 Å². The predicted molar refractivity (Wildman–Crippen MR) is 134 cm³/mol. The van der Waals surface area contributed by atoms with Gasteiger partial charge in [-0.2, -0.15) is 0 Å². The Labute approximate surface area is 204 Å². The van der Waals surface area contributed by atoms with Gasteiger partial charge in [0.1, 0.15) is 11.5 Å². The molecule has 2 unspecified atom stereocenters. The van der Waals surface area contributed by atoms with Gasteiger partial charge in [0.2, 0.25) is 11.8 Å². The number of carbonyl (C=O) groups is 3. The Hall–Kier alpha value is -4.13. The van der Waals surface area contributed by atoms with Gasteiger partial charge in [-0.1, -0.05) is 24.3 Å². The van der Waals surface area contributed by atoms with Crippen molar-refractivity contribution in [3.63, 3.8) is 0 Å². The van der Waals surface area contributed by atoms with Crippen molar-refractivity contribution in [1.29, 1.82) is 0 Å². The first kappa shape index (κ1) is 24.0. The number of rotatable bonds is 7. The van der Waals surface area contributed by atoms with E-state index in [1.54, 1.807) is 55.5 Å². The number of methoxy groups -OCH3 is 2. The molecule has 0 aliphatic carbocycles. The molecule has 3 aromatic rings. The molecule has 3 aromatic carbocycles. The van der Waals surface area contributed by atoms with E-state index in [2.05, 4.69) is 5.32 Å².